The molecule has 0 aliphatic heterocycles. The number of benzene rings is 2. The molecule has 4 rings (SSSR count). The molecule has 0 atom stereocenters. The number of hydrogen-bond acceptors (Lipinski definition) is 3. The van der Waals surface area contributed by atoms with E-state index in [2.05, 4.69) is 16.0 Å². The second-order valence-electron chi connectivity index (χ2n) is 4.98. The third kappa shape index (κ3) is 1.88. The lowest BCUT2D eigenvalue weighted by atomic mass is 10.1. The van der Waals surface area contributed by atoms with Crippen LogP contribution in [0.25, 0.3) is 33.3 Å². The maximum atomic E-state index is 5.79. The van der Waals surface area contributed by atoms with Gasteiger partial charge in [0.15, 0.2) is 0 Å². The Hall–Kier alpha value is -2.72. The lowest BCUT2D eigenvalue weighted by Crippen LogP contribution is -1.96. The van der Waals surface area contributed by atoms with Crippen LogP contribution in [0.1, 0.15) is 5.56 Å². The molecule has 0 unspecified atom stereocenters. The summed E-state index contributed by atoms with van der Waals surface area (Å²) in [6, 6.07) is 16.1. The molecule has 0 fully saturated rings. The van der Waals surface area contributed by atoms with Gasteiger partial charge in [-0.3, -0.25) is 4.98 Å². The van der Waals surface area contributed by atoms with Crippen molar-refractivity contribution in [2.45, 2.75) is 6.54 Å². The first kappa shape index (κ1) is 12.1. The fraction of sp³-hybridized carbons (Fsp3) is 0.0588. The van der Waals surface area contributed by atoms with Gasteiger partial charge in [0.1, 0.15) is 5.82 Å². The minimum absolute atomic E-state index is 0.485. The lowest BCUT2D eigenvalue weighted by molar-refractivity contribution is 1.08. The predicted molar refractivity (Wildman–Crippen MR) is 84.7 cm³/mol. The Labute approximate surface area is 121 Å². The number of para-hydroxylation sites is 2. The maximum Gasteiger partial charge on any atom is 0.139 e. The fourth-order valence-corrected chi connectivity index (χ4v) is 2.69. The number of aromatic nitrogens is 3. The summed E-state index contributed by atoms with van der Waals surface area (Å²) >= 11 is 0. The van der Waals surface area contributed by atoms with Crippen molar-refractivity contribution < 1.29 is 0 Å². The fourth-order valence-electron chi connectivity index (χ4n) is 2.69. The van der Waals surface area contributed by atoms with Gasteiger partial charge in [-0.1, -0.05) is 30.3 Å². The number of pyridine rings is 1. The monoisotopic (exact) mass is 274 g/mol. The van der Waals surface area contributed by atoms with Crippen molar-refractivity contribution in [3.8, 4) is 11.4 Å². The molecule has 0 aliphatic rings. The van der Waals surface area contributed by atoms with Crippen LogP contribution >= 0.6 is 0 Å². The summed E-state index contributed by atoms with van der Waals surface area (Å²) in [5, 5.41) is 1.09. The van der Waals surface area contributed by atoms with E-state index in [0.29, 0.717) is 6.54 Å². The summed E-state index contributed by atoms with van der Waals surface area (Å²) in [4.78, 5) is 12.5. The van der Waals surface area contributed by atoms with Gasteiger partial charge in [-0.05, 0) is 23.8 Å². The zero-order valence-electron chi connectivity index (χ0n) is 11.4. The molecule has 4 heteroatoms. The molecule has 21 heavy (non-hydrogen) atoms. The van der Waals surface area contributed by atoms with Crippen molar-refractivity contribution in [1.82, 2.24) is 15.0 Å². The number of rotatable bonds is 2. The van der Waals surface area contributed by atoms with Gasteiger partial charge < -0.3 is 10.7 Å². The molecule has 3 N–H and O–H groups in total. The maximum absolute atomic E-state index is 5.79. The summed E-state index contributed by atoms with van der Waals surface area (Å²) in [6.45, 7) is 0.485. The van der Waals surface area contributed by atoms with Crippen LogP contribution < -0.4 is 5.73 Å². The van der Waals surface area contributed by atoms with E-state index >= 15 is 0 Å². The minimum atomic E-state index is 0.485. The van der Waals surface area contributed by atoms with Crippen LogP contribution in [0, 0.1) is 0 Å². The average molecular weight is 274 g/mol. The van der Waals surface area contributed by atoms with E-state index in [4.69, 9.17) is 10.7 Å². The van der Waals surface area contributed by atoms with Crippen LogP contribution in [0.2, 0.25) is 0 Å². The van der Waals surface area contributed by atoms with Crippen molar-refractivity contribution >= 4 is 21.9 Å². The first-order chi connectivity index (χ1) is 10.4. The molecule has 0 spiro atoms. The standard InChI is InChI=1S/C17H14N4/c18-10-11-4-3-7-15-16(11)21-17(20-15)13-8-9-19-14-6-2-1-5-12(13)14/h1-9H,10,18H2,(H,20,21). The zero-order chi connectivity index (χ0) is 14.2. The van der Waals surface area contributed by atoms with Gasteiger partial charge in [0.25, 0.3) is 0 Å². The molecule has 0 saturated heterocycles. The highest BCUT2D eigenvalue weighted by Crippen LogP contribution is 2.27. The van der Waals surface area contributed by atoms with Gasteiger partial charge in [-0.15, -0.1) is 0 Å². The van der Waals surface area contributed by atoms with Crippen molar-refractivity contribution in [3.63, 3.8) is 0 Å². The topological polar surface area (TPSA) is 67.6 Å². The number of fused-ring (bicyclic) bond motifs is 2. The molecule has 0 amide bonds. The van der Waals surface area contributed by atoms with Gasteiger partial charge >= 0.3 is 0 Å². The van der Waals surface area contributed by atoms with E-state index in [1.165, 1.54) is 0 Å². The first-order valence-electron chi connectivity index (χ1n) is 6.88. The van der Waals surface area contributed by atoms with Gasteiger partial charge in [0, 0.05) is 23.7 Å². The van der Waals surface area contributed by atoms with Crippen LogP contribution in [-0.4, -0.2) is 15.0 Å². The number of nitrogens with zero attached hydrogens (tertiary/aromatic N) is 2. The van der Waals surface area contributed by atoms with Crippen molar-refractivity contribution in [3.05, 3.63) is 60.3 Å². The Kier molecular flexibility index (Phi) is 2.69. The second-order valence-corrected chi connectivity index (χ2v) is 4.98. The first-order valence-corrected chi connectivity index (χ1v) is 6.88. The second kappa shape index (κ2) is 4.68. The Balaban J connectivity index is 2.01. The Bertz CT molecular complexity index is 934. The third-order valence-electron chi connectivity index (χ3n) is 3.72. The number of aromatic amines is 1. The molecule has 102 valence electrons. The van der Waals surface area contributed by atoms with E-state index in [1.807, 2.05) is 48.7 Å². The van der Waals surface area contributed by atoms with Crippen molar-refractivity contribution in [2.24, 2.45) is 5.73 Å². The SMILES string of the molecule is NCc1cccc2[nH]c(-c3ccnc4ccccc34)nc12. The summed E-state index contributed by atoms with van der Waals surface area (Å²) in [6.07, 6.45) is 1.81. The molecular weight excluding hydrogens is 260 g/mol. The van der Waals surface area contributed by atoms with Crippen LogP contribution in [0.3, 0.4) is 0 Å². The number of H-pyrrole nitrogens is 1. The Morgan fingerprint density at radius 3 is 2.81 bits per heavy atom. The molecule has 4 nitrogen and oxygen atoms in total. The normalized spacial score (nSPS) is 11.3. The summed E-state index contributed by atoms with van der Waals surface area (Å²) in [7, 11) is 0. The molecule has 4 aromatic rings. The Morgan fingerprint density at radius 2 is 1.90 bits per heavy atom. The predicted octanol–water partition coefficient (Wildman–Crippen LogP) is 3.24. The zero-order valence-corrected chi connectivity index (χ0v) is 11.4. The van der Waals surface area contributed by atoms with E-state index < -0.39 is 0 Å². The van der Waals surface area contributed by atoms with Crippen molar-refractivity contribution in [2.75, 3.05) is 0 Å². The highest BCUT2D eigenvalue weighted by Gasteiger charge is 2.10. The Morgan fingerprint density at radius 1 is 1.00 bits per heavy atom. The lowest BCUT2D eigenvalue weighted by Gasteiger charge is -2.02. The quantitative estimate of drug-likeness (QED) is 0.589. The smallest absolute Gasteiger partial charge is 0.139 e. The molecule has 2 aromatic carbocycles. The van der Waals surface area contributed by atoms with Crippen LogP contribution in [0.5, 0.6) is 0 Å². The van der Waals surface area contributed by atoms with Gasteiger partial charge in [-0.2, -0.15) is 0 Å². The molecule has 0 bridgehead atoms. The highest BCUT2D eigenvalue weighted by molar-refractivity contribution is 5.94. The molecule has 0 saturated carbocycles. The highest BCUT2D eigenvalue weighted by atomic mass is 14.9. The summed E-state index contributed by atoms with van der Waals surface area (Å²) in [5.74, 6) is 0.851. The van der Waals surface area contributed by atoms with Gasteiger partial charge in [-0.25, -0.2) is 4.98 Å². The third-order valence-corrected chi connectivity index (χ3v) is 3.72. The van der Waals surface area contributed by atoms with E-state index in [9.17, 15) is 0 Å². The number of imidazole rings is 1. The van der Waals surface area contributed by atoms with Crippen LogP contribution in [0.4, 0.5) is 0 Å². The van der Waals surface area contributed by atoms with Gasteiger partial charge in [0.2, 0.25) is 0 Å². The number of nitrogens with one attached hydrogen (secondary N) is 1. The van der Waals surface area contributed by atoms with E-state index in [0.717, 1.165) is 38.9 Å². The van der Waals surface area contributed by atoms with Crippen LogP contribution in [0.15, 0.2) is 54.7 Å². The van der Waals surface area contributed by atoms with Gasteiger partial charge in [0.05, 0.1) is 16.6 Å². The number of hydrogen-bond donors (Lipinski definition) is 2. The number of nitrogens with two attached hydrogens (primary N) is 1. The van der Waals surface area contributed by atoms with E-state index in [-0.39, 0.29) is 0 Å². The molecule has 2 heterocycles. The van der Waals surface area contributed by atoms with E-state index in [1.54, 1.807) is 0 Å². The summed E-state index contributed by atoms with van der Waals surface area (Å²) < 4.78 is 0. The molecular formula is C17H14N4. The van der Waals surface area contributed by atoms with Crippen molar-refractivity contribution in [1.29, 1.82) is 0 Å². The molecule has 0 aliphatic carbocycles. The molecule has 0 radical (unpaired) electrons. The average Bonchev–Trinajstić information content (AvgIpc) is 2.98. The largest absolute Gasteiger partial charge is 0.338 e. The van der Waals surface area contributed by atoms with Crippen LogP contribution in [-0.2, 0) is 6.54 Å². The minimum Gasteiger partial charge on any atom is -0.338 e. The summed E-state index contributed by atoms with van der Waals surface area (Å²) in [5.41, 5.74) is 10.8. The molecule has 2 aromatic heterocycles.